The van der Waals surface area contributed by atoms with Crippen LogP contribution in [-0.2, 0) is 11.3 Å². The van der Waals surface area contributed by atoms with Crippen LogP contribution in [0.5, 0.6) is 0 Å². The monoisotopic (exact) mass is 262 g/mol. The predicted molar refractivity (Wildman–Crippen MR) is 79.9 cm³/mol. The maximum absolute atomic E-state index is 9.68. The lowest BCUT2D eigenvalue weighted by Crippen LogP contribution is -2.13. The Kier molecular flexibility index (Phi) is 7.46. The molecule has 1 N–H and O–H groups in total. The number of benzene rings is 1. The van der Waals surface area contributed by atoms with Gasteiger partial charge in [0.1, 0.15) is 0 Å². The van der Waals surface area contributed by atoms with Gasteiger partial charge in [0.25, 0.3) is 0 Å². The second-order valence-corrected chi connectivity index (χ2v) is 5.45. The van der Waals surface area contributed by atoms with Crippen LogP contribution < -0.4 is 0 Å². The standard InChI is InChI=1S/C17H26O2/c1-14(2)17(18)11-7-8-15(3)12-19-13-16-9-5-4-6-10-16/h4-10,14-15,17-18H,11-13H2,1-3H3/b8-7-/t15-,17+/m1/s1. The molecule has 106 valence electrons. The third kappa shape index (κ3) is 7.14. The van der Waals surface area contributed by atoms with E-state index in [4.69, 9.17) is 4.74 Å². The second kappa shape index (κ2) is 8.89. The van der Waals surface area contributed by atoms with Gasteiger partial charge in [0.05, 0.1) is 19.3 Å². The van der Waals surface area contributed by atoms with Gasteiger partial charge in [-0.2, -0.15) is 0 Å². The van der Waals surface area contributed by atoms with Gasteiger partial charge in [-0.05, 0) is 23.8 Å². The van der Waals surface area contributed by atoms with E-state index in [0.29, 0.717) is 25.0 Å². The van der Waals surface area contributed by atoms with Crippen LogP contribution in [0, 0.1) is 11.8 Å². The molecule has 0 fully saturated rings. The zero-order valence-electron chi connectivity index (χ0n) is 12.3. The topological polar surface area (TPSA) is 29.5 Å². The maximum atomic E-state index is 9.68. The second-order valence-electron chi connectivity index (χ2n) is 5.45. The van der Waals surface area contributed by atoms with E-state index < -0.39 is 0 Å². The Morgan fingerprint density at radius 3 is 2.47 bits per heavy atom. The summed E-state index contributed by atoms with van der Waals surface area (Å²) >= 11 is 0. The van der Waals surface area contributed by atoms with Crippen molar-refractivity contribution < 1.29 is 9.84 Å². The van der Waals surface area contributed by atoms with Gasteiger partial charge in [-0.25, -0.2) is 0 Å². The molecule has 2 atom stereocenters. The average molecular weight is 262 g/mol. The molecule has 0 radical (unpaired) electrons. The molecule has 2 nitrogen and oxygen atoms in total. The summed E-state index contributed by atoms with van der Waals surface area (Å²) in [4.78, 5) is 0. The largest absolute Gasteiger partial charge is 0.393 e. The molecule has 0 amide bonds. The first kappa shape index (κ1) is 15.9. The molecule has 0 aliphatic rings. The summed E-state index contributed by atoms with van der Waals surface area (Å²) in [5.74, 6) is 0.692. The smallest absolute Gasteiger partial charge is 0.0717 e. The van der Waals surface area contributed by atoms with Crippen LogP contribution in [0.3, 0.4) is 0 Å². The first-order chi connectivity index (χ1) is 9.09. The fourth-order valence-corrected chi connectivity index (χ4v) is 1.71. The summed E-state index contributed by atoms with van der Waals surface area (Å²) in [5, 5.41) is 9.68. The van der Waals surface area contributed by atoms with Gasteiger partial charge in [0, 0.05) is 0 Å². The van der Waals surface area contributed by atoms with E-state index in [9.17, 15) is 5.11 Å². The molecule has 2 heteroatoms. The molecule has 0 aliphatic heterocycles. The Morgan fingerprint density at radius 2 is 1.84 bits per heavy atom. The quantitative estimate of drug-likeness (QED) is 0.722. The SMILES string of the molecule is CC(C)[C@@H](O)C/C=C\[C@@H](C)COCc1ccccc1. The molecule has 0 aromatic heterocycles. The van der Waals surface area contributed by atoms with Crippen molar-refractivity contribution in [2.75, 3.05) is 6.61 Å². The number of rotatable bonds is 8. The lowest BCUT2D eigenvalue weighted by molar-refractivity contribution is 0.103. The van der Waals surface area contributed by atoms with Crippen molar-refractivity contribution in [3.63, 3.8) is 0 Å². The molecule has 0 unspecified atom stereocenters. The van der Waals surface area contributed by atoms with E-state index in [0.717, 1.165) is 6.42 Å². The molecule has 0 saturated heterocycles. The van der Waals surface area contributed by atoms with E-state index in [1.807, 2.05) is 32.0 Å². The average Bonchev–Trinajstić information content (AvgIpc) is 2.39. The van der Waals surface area contributed by atoms with Crippen molar-refractivity contribution in [2.45, 2.75) is 39.9 Å². The summed E-state index contributed by atoms with van der Waals surface area (Å²) in [6.07, 6.45) is 4.66. The molecule has 1 rings (SSSR count). The van der Waals surface area contributed by atoms with Crippen molar-refractivity contribution in [1.29, 1.82) is 0 Å². The highest BCUT2D eigenvalue weighted by molar-refractivity contribution is 5.13. The summed E-state index contributed by atoms with van der Waals surface area (Å²) in [7, 11) is 0. The Balaban J connectivity index is 2.17. The zero-order valence-corrected chi connectivity index (χ0v) is 12.3. The molecule has 0 heterocycles. The Morgan fingerprint density at radius 1 is 1.16 bits per heavy atom. The fraction of sp³-hybridized carbons (Fsp3) is 0.529. The van der Waals surface area contributed by atoms with Crippen LogP contribution in [-0.4, -0.2) is 17.8 Å². The minimum Gasteiger partial charge on any atom is -0.393 e. The highest BCUT2D eigenvalue weighted by Crippen LogP contribution is 2.08. The van der Waals surface area contributed by atoms with E-state index in [-0.39, 0.29) is 6.10 Å². The van der Waals surface area contributed by atoms with E-state index in [2.05, 4.69) is 31.2 Å². The molecule has 0 bridgehead atoms. The van der Waals surface area contributed by atoms with Crippen LogP contribution in [0.25, 0.3) is 0 Å². The van der Waals surface area contributed by atoms with Crippen molar-refractivity contribution >= 4 is 0 Å². The van der Waals surface area contributed by atoms with Crippen molar-refractivity contribution in [3.8, 4) is 0 Å². The molecule has 0 aliphatic carbocycles. The highest BCUT2D eigenvalue weighted by Gasteiger charge is 2.06. The Labute approximate surface area is 117 Å². The minimum absolute atomic E-state index is 0.242. The maximum Gasteiger partial charge on any atom is 0.0717 e. The van der Waals surface area contributed by atoms with Crippen molar-refractivity contribution in [3.05, 3.63) is 48.0 Å². The molecule has 1 aromatic rings. The number of aliphatic hydroxyl groups excluding tert-OH is 1. The van der Waals surface area contributed by atoms with Crippen LogP contribution in [0.4, 0.5) is 0 Å². The van der Waals surface area contributed by atoms with E-state index >= 15 is 0 Å². The first-order valence-corrected chi connectivity index (χ1v) is 7.06. The van der Waals surface area contributed by atoms with Gasteiger partial charge in [-0.1, -0.05) is 63.3 Å². The molecule has 0 spiro atoms. The van der Waals surface area contributed by atoms with Crippen LogP contribution in [0.15, 0.2) is 42.5 Å². The van der Waals surface area contributed by atoms with Gasteiger partial charge < -0.3 is 9.84 Å². The lowest BCUT2D eigenvalue weighted by Gasteiger charge is -2.12. The normalized spacial score (nSPS) is 15.0. The fourth-order valence-electron chi connectivity index (χ4n) is 1.71. The molecular weight excluding hydrogens is 236 g/mol. The van der Waals surface area contributed by atoms with E-state index in [1.165, 1.54) is 5.56 Å². The Bertz CT molecular complexity index is 357. The summed E-state index contributed by atoms with van der Waals surface area (Å²) in [5.41, 5.74) is 1.20. The van der Waals surface area contributed by atoms with Gasteiger partial charge in [-0.15, -0.1) is 0 Å². The molecule has 0 saturated carbocycles. The summed E-state index contributed by atoms with van der Waals surface area (Å²) in [6, 6.07) is 10.2. The summed E-state index contributed by atoms with van der Waals surface area (Å²) < 4.78 is 5.67. The molecule has 1 aromatic carbocycles. The van der Waals surface area contributed by atoms with Gasteiger partial charge >= 0.3 is 0 Å². The van der Waals surface area contributed by atoms with Crippen molar-refractivity contribution in [1.82, 2.24) is 0 Å². The van der Waals surface area contributed by atoms with Crippen LogP contribution >= 0.6 is 0 Å². The zero-order chi connectivity index (χ0) is 14.1. The third-order valence-electron chi connectivity index (χ3n) is 3.10. The lowest BCUT2D eigenvalue weighted by atomic mass is 10.0. The van der Waals surface area contributed by atoms with Crippen LogP contribution in [0.1, 0.15) is 32.8 Å². The highest BCUT2D eigenvalue weighted by atomic mass is 16.5. The number of hydrogen-bond acceptors (Lipinski definition) is 2. The first-order valence-electron chi connectivity index (χ1n) is 7.06. The number of ether oxygens (including phenoxy) is 1. The van der Waals surface area contributed by atoms with Gasteiger partial charge in [0.15, 0.2) is 0 Å². The van der Waals surface area contributed by atoms with E-state index in [1.54, 1.807) is 0 Å². The van der Waals surface area contributed by atoms with Crippen molar-refractivity contribution in [2.24, 2.45) is 11.8 Å². The number of aliphatic hydroxyl groups is 1. The molecular formula is C17H26O2. The van der Waals surface area contributed by atoms with Gasteiger partial charge in [0.2, 0.25) is 0 Å². The molecule has 19 heavy (non-hydrogen) atoms. The van der Waals surface area contributed by atoms with Crippen LogP contribution in [0.2, 0.25) is 0 Å². The summed E-state index contributed by atoms with van der Waals surface area (Å²) in [6.45, 7) is 7.57. The predicted octanol–water partition coefficient (Wildman–Crippen LogP) is 3.80. The minimum atomic E-state index is -0.242. The third-order valence-corrected chi connectivity index (χ3v) is 3.10. The Hall–Kier alpha value is -1.12. The number of hydrogen-bond donors (Lipinski definition) is 1. The van der Waals surface area contributed by atoms with Gasteiger partial charge in [-0.3, -0.25) is 0 Å².